The standard InChI is InChI=1S/C34H52O2/c1-3-4-5-6-7-8-9-12-17-30-20-24-32(25-21-30)33-26-22-31(23-27-33)18-13-10-11-16-29(2)36-34-19-14-15-28-35-34/h20-27,29,34H,3-19,28H2,1-2H3. The molecule has 0 amide bonds. The predicted octanol–water partition coefficient (Wildman–Crippen LogP) is 10.1. The normalized spacial score (nSPS) is 16.8. The van der Waals surface area contributed by atoms with Gasteiger partial charge in [0.25, 0.3) is 0 Å². The summed E-state index contributed by atoms with van der Waals surface area (Å²) in [5.41, 5.74) is 5.59. The first kappa shape index (κ1) is 28.9. The van der Waals surface area contributed by atoms with Gasteiger partial charge in [-0.15, -0.1) is 0 Å². The molecule has 1 aliphatic rings. The lowest BCUT2D eigenvalue weighted by Gasteiger charge is -2.26. The number of rotatable bonds is 18. The summed E-state index contributed by atoms with van der Waals surface area (Å²) in [6.07, 6.45) is 22.2. The van der Waals surface area contributed by atoms with Gasteiger partial charge in [-0.3, -0.25) is 0 Å². The van der Waals surface area contributed by atoms with E-state index in [2.05, 4.69) is 62.4 Å². The van der Waals surface area contributed by atoms with Gasteiger partial charge in [0.1, 0.15) is 0 Å². The highest BCUT2D eigenvalue weighted by atomic mass is 16.7. The predicted molar refractivity (Wildman–Crippen MR) is 155 cm³/mol. The highest BCUT2D eigenvalue weighted by molar-refractivity contribution is 5.63. The van der Waals surface area contributed by atoms with E-state index in [1.165, 1.54) is 119 Å². The lowest BCUT2D eigenvalue weighted by Crippen LogP contribution is -2.26. The van der Waals surface area contributed by atoms with Crippen molar-refractivity contribution in [3.05, 3.63) is 59.7 Å². The third-order valence-corrected chi connectivity index (χ3v) is 7.66. The Morgan fingerprint density at radius 2 is 1.22 bits per heavy atom. The van der Waals surface area contributed by atoms with Gasteiger partial charge in [0.15, 0.2) is 6.29 Å². The Morgan fingerprint density at radius 3 is 1.75 bits per heavy atom. The van der Waals surface area contributed by atoms with Crippen LogP contribution in [-0.4, -0.2) is 19.0 Å². The number of hydrogen-bond acceptors (Lipinski definition) is 2. The molecule has 2 nitrogen and oxygen atoms in total. The van der Waals surface area contributed by atoms with E-state index in [4.69, 9.17) is 9.47 Å². The molecule has 36 heavy (non-hydrogen) atoms. The third kappa shape index (κ3) is 11.6. The van der Waals surface area contributed by atoms with Gasteiger partial charge in [-0.25, -0.2) is 0 Å². The SMILES string of the molecule is CCCCCCCCCCc1ccc(-c2ccc(CCCCCC(C)OC3CCCCO3)cc2)cc1. The Kier molecular flexibility index (Phi) is 14.3. The zero-order chi connectivity index (χ0) is 25.3. The Bertz CT molecular complexity index is 789. The van der Waals surface area contributed by atoms with Crippen molar-refractivity contribution < 1.29 is 9.47 Å². The first-order chi connectivity index (χ1) is 17.7. The number of ether oxygens (including phenoxy) is 2. The van der Waals surface area contributed by atoms with Crippen LogP contribution >= 0.6 is 0 Å². The van der Waals surface area contributed by atoms with Crippen molar-refractivity contribution in [2.45, 2.75) is 135 Å². The van der Waals surface area contributed by atoms with Crippen LogP contribution in [0.3, 0.4) is 0 Å². The molecule has 1 fully saturated rings. The Labute approximate surface area is 222 Å². The number of hydrogen-bond donors (Lipinski definition) is 0. The van der Waals surface area contributed by atoms with E-state index in [1.54, 1.807) is 0 Å². The molecule has 0 aliphatic carbocycles. The molecule has 0 radical (unpaired) electrons. The van der Waals surface area contributed by atoms with Crippen LogP contribution in [0.2, 0.25) is 0 Å². The molecule has 3 rings (SSSR count). The largest absolute Gasteiger partial charge is 0.353 e. The van der Waals surface area contributed by atoms with Gasteiger partial charge < -0.3 is 9.47 Å². The zero-order valence-corrected chi connectivity index (χ0v) is 23.3. The molecule has 2 aromatic rings. The van der Waals surface area contributed by atoms with Crippen LogP contribution in [0.25, 0.3) is 11.1 Å². The summed E-state index contributed by atoms with van der Waals surface area (Å²) in [5.74, 6) is 0. The summed E-state index contributed by atoms with van der Waals surface area (Å²) >= 11 is 0. The maximum absolute atomic E-state index is 6.04. The maximum atomic E-state index is 6.04. The number of aryl methyl sites for hydroxylation is 2. The molecule has 1 saturated heterocycles. The minimum Gasteiger partial charge on any atom is -0.353 e. The van der Waals surface area contributed by atoms with E-state index >= 15 is 0 Å². The minimum absolute atomic E-state index is 0.0402. The van der Waals surface area contributed by atoms with Crippen LogP contribution in [0.15, 0.2) is 48.5 Å². The van der Waals surface area contributed by atoms with Crippen molar-refractivity contribution in [3.8, 4) is 11.1 Å². The van der Waals surface area contributed by atoms with Crippen molar-refractivity contribution in [2.24, 2.45) is 0 Å². The maximum Gasteiger partial charge on any atom is 0.157 e. The summed E-state index contributed by atoms with van der Waals surface area (Å²) in [6, 6.07) is 18.5. The van der Waals surface area contributed by atoms with Gasteiger partial charge in [-0.2, -0.15) is 0 Å². The lowest BCUT2D eigenvalue weighted by molar-refractivity contribution is -0.185. The van der Waals surface area contributed by atoms with Crippen LogP contribution in [0, 0.1) is 0 Å². The summed E-state index contributed by atoms with van der Waals surface area (Å²) in [7, 11) is 0. The van der Waals surface area contributed by atoms with Gasteiger partial charge in [-0.05, 0) is 80.5 Å². The van der Waals surface area contributed by atoms with E-state index in [9.17, 15) is 0 Å². The molecule has 0 spiro atoms. The first-order valence-corrected chi connectivity index (χ1v) is 15.2. The number of unbranched alkanes of at least 4 members (excludes halogenated alkanes) is 9. The van der Waals surface area contributed by atoms with Crippen molar-refractivity contribution in [3.63, 3.8) is 0 Å². The van der Waals surface area contributed by atoms with Crippen molar-refractivity contribution in [1.29, 1.82) is 0 Å². The van der Waals surface area contributed by atoms with Crippen LogP contribution in [0.1, 0.15) is 121 Å². The molecule has 0 aromatic heterocycles. The molecule has 0 N–H and O–H groups in total. The minimum atomic E-state index is 0.0402. The van der Waals surface area contributed by atoms with Crippen LogP contribution in [-0.2, 0) is 22.3 Å². The fourth-order valence-electron chi connectivity index (χ4n) is 5.27. The van der Waals surface area contributed by atoms with Crippen LogP contribution in [0.4, 0.5) is 0 Å². The highest BCUT2D eigenvalue weighted by Crippen LogP contribution is 2.23. The first-order valence-electron chi connectivity index (χ1n) is 15.2. The van der Waals surface area contributed by atoms with E-state index in [-0.39, 0.29) is 6.29 Å². The Balaban J connectivity index is 1.27. The molecule has 0 bridgehead atoms. The second kappa shape index (κ2) is 17.8. The summed E-state index contributed by atoms with van der Waals surface area (Å²) in [4.78, 5) is 0. The molecule has 2 heteroatoms. The summed E-state index contributed by atoms with van der Waals surface area (Å²) < 4.78 is 11.7. The molecule has 1 aliphatic heterocycles. The third-order valence-electron chi connectivity index (χ3n) is 7.66. The van der Waals surface area contributed by atoms with E-state index in [0.29, 0.717) is 6.10 Å². The Hall–Kier alpha value is -1.64. The van der Waals surface area contributed by atoms with E-state index < -0.39 is 0 Å². The molecule has 2 aromatic carbocycles. The Morgan fingerprint density at radius 1 is 0.694 bits per heavy atom. The van der Waals surface area contributed by atoms with Crippen LogP contribution < -0.4 is 0 Å². The second-order valence-corrected chi connectivity index (χ2v) is 11.0. The van der Waals surface area contributed by atoms with E-state index in [0.717, 1.165) is 19.4 Å². The van der Waals surface area contributed by atoms with Crippen LogP contribution in [0.5, 0.6) is 0 Å². The van der Waals surface area contributed by atoms with Gasteiger partial charge in [0.05, 0.1) is 6.10 Å². The molecular weight excluding hydrogens is 440 g/mol. The molecule has 0 saturated carbocycles. The summed E-state index contributed by atoms with van der Waals surface area (Å²) in [6.45, 7) is 5.34. The van der Waals surface area contributed by atoms with Gasteiger partial charge in [0, 0.05) is 6.61 Å². The van der Waals surface area contributed by atoms with Gasteiger partial charge in [0.2, 0.25) is 0 Å². The molecule has 2 unspecified atom stereocenters. The average Bonchev–Trinajstić information content (AvgIpc) is 2.91. The van der Waals surface area contributed by atoms with Gasteiger partial charge in [-0.1, -0.05) is 113 Å². The topological polar surface area (TPSA) is 18.5 Å². The highest BCUT2D eigenvalue weighted by Gasteiger charge is 2.16. The van der Waals surface area contributed by atoms with Crippen molar-refractivity contribution >= 4 is 0 Å². The molecular formula is C34H52O2. The summed E-state index contributed by atoms with van der Waals surface area (Å²) in [5, 5.41) is 0. The second-order valence-electron chi connectivity index (χ2n) is 11.0. The zero-order valence-electron chi connectivity index (χ0n) is 23.3. The lowest BCUT2D eigenvalue weighted by atomic mass is 9.98. The molecule has 2 atom stereocenters. The monoisotopic (exact) mass is 492 g/mol. The smallest absolute Gasteiger partial charge is 0.157 e. The van der Waals surface area contributed by atoms with Crippen molar-refractivity contribution in [1.82, 2.24) is 0 Å². The number of benzene rings is 2. The molecule has 200 valence electrons. The van der Waals surface area contributed by atoms with E-state index in [1.807, 2.05) is 0 Å². The van der Waals surface area contributed by atoms with Crippen molar-refractivity contribution in [2.75, 3.05) is 6.61 Å². The van der Waals surface area contributed by atoms with Gasteiger partial charge >= 0.3 is 0 Å². The fraction of sp³-hybridized carbons (Fsp3) is 0.647. The quantitative estimate of drug-likeness (QED) is 0.193. The molecule has 1 heterocycles. The fourth-order valence-corrected chi connectivity index (χ4v) is 5.27. The average molecular weight is 493 g/mol.